The smallest absolute Gasteiger partial charge is 0.319 e. The third-order valence-electron chi connectivity index (χ3n) is 6.09. The van der Waals surface area contributed by atoms with Gasteiger partial charge in [0, 0.05) is 45.0 Å². The molecular formula is C27H29Cl2FN4O3. The highest BCUT2D eigenvalue weighted by Crippen LogP contribution is 2.33. The number of ether oxygens (including phenoxy) is 2. The lowest BCUT2D eigenvalue weighted by Crippen LogP contribution is -2.47. The summed E-state index contributed by atoms with van der Waals surface area (Å²) in [6.07, 6.45) is 0. The first kappa shape index (κ1) is 26.9. The van der Waals surface area contributed by atoms with Crippen LogP contribution in [-0.4, -0.2) is 57.4 Å². The molecule has 7 nitrogen and oxygen atoms in total. The third-order valence-corrected chi connectivity index (χ3v) is 6.90. The number of carbonyl (C=O) groups excluding carboxylic acids is 1. The molecule has 0 aromatic heterocycles. The summed E-state index contributed by atoms with van der Waals surface area (Å²) in [5.41, 5.74) is 2.33. The van der Waals surface area contributed by atoms with Crippen molar-refractivity contribution in [1.29, 1.82) is 0 Å². The van der Waals surface area contributed by atoms with E-state index in [0.29, 0.717) is 40.4 Å². The van der Waals surface area contributed by atoms with Gasteiger partial charge in [0.2, 0.25) is 0 Å². The van der Waals surface area contributed by atoms with E-state index in [1.807, 2.05) is 30.3 Å². The molecular weight excluding hydrogens is 518 g/mol. The first-order chi connectivity index (χ1) is 17.9. The second-order valence-electron chi connectivity index (χ2n) is 8.55. The quantitative estimate of drug-likeness (QED) is 0.362. The topological polar surface area (TPSA) is 66.1 Å². The van der Waals surface area contributed by atoms with Gasteiger partial charge in [-0.3, -0.25) is 4.90 Å². The van der Waals surface area contributed by atoms with Gasteiger partial charge in [0.25, 0.3) is 0 Å². The SMILES string of the molecule is COc1cc(CNC(=O)Nc2ccc(F)cc2)ccc1OCCN1CCN(c2cccc(Cl)c2Cl)CC1. The van der Waals surface area contributed by atoms with Crippen molar-refractivity contribution in [2.75, 3.05) is 56.7 Å². The molecule has 1 saturated heterocycles. The maximum Gasteiger partial charge on any atom is 0.319 e. The van der Waals surface area contributed by atoms with Crippen molar-refractivity contribution < 1.29 is 18.7 Å². The standard InChI is InChI=1S/C27H29Cl2FN4O3/c1-36-25-17-19(18-31-27(35)32-21-8-6-20(30)7-9-21)5-10-24(25)37-16-15-33-11-13-34(14-12-33)23-4-2-3-22(28)26(23)29/h2-10,17H,11-16,18H2,1H3,(H2,31,32,35). The summed E-state index contributed by atoms with van der Waals surface area (Å²) in [4.78, 5) is 16.7. The van der Waals surface area contributed by atoms with Gasteiger partial charge >= 0.3 is 6.03 Å². The summed E-state index contributed by atoms with van der Waals surface area (Å²) in [7, 11) is 1.58. The fraction of sp³-hybridized carbons (Fsp3) is 0.296. The molecule has 196 valence electrons. The number of nitrogens with zero attached hydrogens (tertiary/aromatic N) is 2. The van der Waals surface area contributed by atoms with E-state index in [4.69, 9.17) is 32.7 Å². The highest BCUT2D eigenvalue weighted by Gasteiger charge is 2.20. The predicted octanol–water partition coefficient (Wildman–Crippen LogP) is 5.66. The number of amides is 2. The third kappa shape index (κ3) is 7.41. The first-order valence-electron chi connectivity index (χ1n) is 11.9. The molecule has 0 unspecified atom stereocenters. The fourth-order valence-electron chi connectivity index (χ4n) is 4.07. The molecule has 0 bridgehead atoms. The molecule has 3 aromatic rings. The minimum atomic E-state index is -0.386. The molecule has 10 heteroatoms. The maximum absolute atomic E-state index is 13.0. The van der Waals surface area contributed by atoms with E-state index in [-0.39, 0.29) is 11.8 Å². The minimum absolute atomic E-state index is 0.296. The number of piperazine rings is 1. The summed E-state index contributed by atoms with van der Waals surface area (Å²) in [5.74, 6) is 0.882. The molecule has 0 aliphatic carbocycles. The van der Waals surface area contributed by atoms with Gasteiger partial charge in [0.15, 0.2) is 11.5 Å². The number of rotatable bonds is 9. The first-order valence-corrected chi connectivity index (χ1v) is 12.7. The number of hydrogen-bond donors (Lipinski definition) is 2. The number of nitrogens with one attached hydrogen (secondary N) is 2. The van der Waals surface area contributed by atoms with Gasteiger partial charge in [-0.25, -0.2) is 9.18 Å². The van der Waals surface area contributed by atoms with E-state index >= 15 is 0 Å². The van der Waals surface area contributed by atoms with Crippen LogP contribution in [0, 0.1) is 5.82 Å². The summed E-state index contributed by atoms with van der Waals surface area (Å²) >= 11 is 12.5. The van der Waals surface area contributed by atoms with Gasteiger partial charge in [-0.1, -0.05) is 35.3 Å². The van der Waals surface area contributed by atoms with Crippen LogP contribution in [0.4, 0.5) is 20.6 Å². The summed E-state index contributed by atoms with van der Waals surface area (Å²) in [5, 5.41) is 6.60. The molecule has 2 N–H and O–H groups in total. The minimum Gasteiger partial charge on any atom is -0.493 e. The molecule has 1 heterocycles. The average Bonchev–Trinajstić information content (AvgIpc) is 2.91. The Morgan fingerprint density at radius 1 is 1.00 bits per heavy atom. The summed E-state index contributed by atoms with van der Waals surface area (Å²) in [6.45, 7) is 5.12. The van der Waals surface area contributed by atoms with Crippen LogP contribution in [0.1, 0.15) is 5.56 Å². The van der Waals surface area contributed by atoms with E-state index < -0.39 is 0 Å². The maximum atomic E-state index is 13.0. The Morgan fingerprint density at radius 2 is 1.76 bits per heavy atom. The Morgan fingerprint density at radius 3 is 2.49 bits per heavy atom. The lowest BCUT2D eigenvalue weighted by Gasteiger charge is -2.36. The Balaban J connectivity index is 1.21. The molecule has 2 amide bonds. The lowest BCUT2D eigenvalue weighted by molar-refractivity contribution is 0.197. The molecule has 0 saturated carbocycles. The van der Waals surface area contributed by atoms with Crippen molar-refractivity contribution in [3.8, 4) is 11.5 Å². The fourth-order valence-corrected chi connectivity index (χ4v) is 4.48. The number of urea groups is 1. The second kappa shape index (κ2) is 12.9. The van der Waals surface area contributed by atoms with Gasteiger partial charge in [-0.15, -0.1) is 0 Å². The molecule has 0 radical (unpaired) electrons. The van der Waals surface area contributed by atoms with E-state index in [0.717, 1.165) is 44.0 Å². The van der Waals surface area contributed by atoms with E-state index in [1.54, 1.807) is 13.2 Å². The molecule has 1 aliphatic rings. The molecule has 1 fully saturated rings. The summed E-state index contributed by atoms with van der Waals surface area (Å²) < 4.78 is 24.5. The van der Waals surface area contributed by atoms with Crippen LogP contribution in [0.25, 0.3) is 0 Å². The second-order valence-corrected chi connectivity index (χ2v) is 9.34. The summed E-state index contributed by atoms with van der Waals surface area (Å²) in [6, 6.07) is 16.5. The Bertz CT molecular complexity index is 1200. The van der Waals surface area contributed by atoms with Crippen LogP contribution in [0.5, 0.6) is 11.5 Å². The van der Waals surface area contributed by atoms with Crippen LogP contribution >= 0.6 is 23.2 Å². The van der Waals surface area contributed by atoms with Crippen LogP contribution in [0.3, 0.4) is 0 Å². The predicted molar refractivity (Wildman–Crippen MR) is 146 cm³/mol. The largest absolute Gasteiger partial charge is 0.493 e. The zero-order valence-corrected chi connectivity index (χ0v) is 22.0. The lowest BCUT2D eigenvalue weighted by atomic mass is 10.2. The number of benzene rings is 3. The van der Waals surface area contributed by atoms with Gasteiger partial charge in [0.05, 0.1) is 22.8 Å². The monoisotopic (exact) mass is 546 g/mol. The zero-order chi connectivity index (χ0) is 26.2. The van der Waals surface area contributed by atoms with E-state index in [1.165, 1.54) is 24.3 Å². The number of halogens is 3. The van der Waals surface area contributed by atoms with Crippen LogP contribution in [0.2, 0.25) is 10.0 Å². The Kier molecular flexibility index (Phi) is 9.33. The average molecular weight is 547 g/mol. The van der Waals surface area contributed by atoms with Gasteiger partial charge < -0.3 is 25.0 Å². The number of anilines is 2. The van der Waals surface area contributed by atoms with Gasteiger partial charge in [-0.05, 0) is 54.1 Å². The normalized spacial score (nSPS) is 13.8. The zero-order valence-electron chi connectivity index (χ0n) is 20.5. The van der Waals surface area contributed by atoms with Gasteiger partial charge in [0.1, 0.15) is 12.4 Å². The molecule has 0 spiro atoms. The van der Waals surface area contributed by atoms with Crippen LogP contribution < -0.4 is 25.0 Å². The van der Waals surface area contributed by atoms with Crippen molar-refractivity contribution >= 4 is 40.6 Å². The van der Waals surface area contributed by atoms with E-state index in [2.05, 4.69) is 20.4 Å². The number of methoxy groups -OCH3 is 1. The molecule has 37 heavy (non-hydrogen) atoms. The molecule has 4 rings (SSSR count). The highest BCUT2D eigenvalue weighted by molar-refractivity contribution is 6.43. The van der Waals surface area contributed by atoms with Crippen LogP contribution in [-0.2, 0) is 6.54 Å². The number of hydrogen-bond acceptors (Lipinski definition) is 5. The van der Waals surface area contributed by atoms with E-state index in [9.17, 15) is 9.18 Å². The molecule has 0 atom stereocenters. The highest BCUT2D eigenvalue weighted by atomic mass is 35.5. The Hall–Kier alpha value is -3.20. The van der Waals surface area contributed by atoms with Crippen LogP contribution in [0.15, 0.2) is 60.7 Å². The number of carbonyl (C=O) groups is 1. The Labute approximate surface area is 226 Å². The van der Waals surface area contributed by atoms with Crippen molar-refractivity contribution in [2.24, 2.45) is 0 Å². The van der Waals surface area contributed by atoms with Gasteiger partial charge in [-0.2, -0.15) is 0 Å². The van der Waals surface area contributed by atoms with Crippen molar-refractivity contribution in [3.63, 3.8) is 0 Å². The molecule has 1 aliphatic heterocycles. The van der Waals surface area contributed by atoms with Crippen molar-refractivity contribution in [3.05, 3.63) is 82.1 Å². The van der Waals surface area contributed by atoms with Crippen molar-refractivity contribution in [2.45, 2.75) is 6.54 Å². The van der Waals surface area contributed by atoms with Crippen molar-refractivity contribution in [1.82, 2.24) is 10.2 Å². The molecule has 3 aromatic carbocycles.